The minimum absolute atomic E-state index is 0.0789. The van der Waals surface area contributed by atoms with E-state index in [4.69, 9.17) is 5.11 Å². The summed E-state index contributed by atoms with van der Waals surface area (Å²) in [4.78, 5) is 8.97. The van der Waals surface area contributed by atoms with E-state index in [1.807, 2.05) is 12.1 Å². The SMILES string of the molecule is CN(CCN1CCCC1)c1cc(CO)ccn1. The van der Waals surface area contributed by atoms with Crippen LogP contribution in [0.5, 0.6) is 0 Å². The Labute approximate surface area is 103 Å². The van der Waals surface area contributed by atoms with Gasteiger partial charge in [-0.3, -0.25) is 0 Å². The normalized spacial score (nSPS) is 16.4. The van der Waals surface area contributed by atoms with Crippen LogP contribution < -0.4 is 4.90 Å². The molecular weight excluding hydrogens is 214 g/mol. The summed E-state index contributed by atoms with van der Waals surface area (Å²) >= 11 is 0. The molecule has 0 aromatic carbocycles. The standard InChI is InChI=1S/C13H21N3O/c1-15(8-9-16-6-2-3-7-16)13-10-12(11-17)4-5-14-13/h4-5,10,17H,2-3,6-9,11H2,1H3. The van der Waals surface area contributed by atoms with Gasteiger partial charge in [0.25, 0.3) is 0 Å². The highest BCUT2D eigenvalue weighted by Gasteiger charge is 2.12. The molecule has 0 bridgehead atoms. The molecule has 94 valence electrons. The zero-order valence-electron chi connectivity index (χ0n) is 10.5. The fourth-order valence-electron chi connectivity index (χ4n) is 2.18. The number of hydrogen-bond acceptors (Lipinski definition) is 4. The second-order valence-corrected chi connectivity index (χ2v) is 4.65. The number of anilines is 1. The van der Waals surface area contributed by atoms with Crippen molar-refractivity contribution in [3.8, 4) is 0 Å². The number of hydrogen-bond donors (Lipinski definition) is 1. The number of aromatic nitrogens is 1. The lowest BCUT2D eigenvalue weighted by Gasteiger charge is -2.22. The summed E-state index contributed by atoms with van der Waals surface area (Å²) in [6.07, 6.45) is 4.43. The highest BCUT2D eigenvalue weighted by atomic mass is 16.3. The van der Waals surface area contributed by atoms with Crippen molar-refractivity contribution in [1.29, 1.82) is 0 Å². The van der Waals surface area contributed by atoms with Crippen molar-refractivity contribution < 1.29 is 5.11 Å². The van der Waals surface area contributed by atoms with E-state index in [1.54, 1.807) is 6.20 Å². The van der Waals surface area contributed by atoms with Gasteiger partial charge in [0, 0.05) is 26.3 Å². The molecule has 0 spiro atoms. The van der Waals surface area contributed by atoms with Gasteiger partial charge in [0.1, 0.15) is 5.82 Å². The number of likely N-dealkylation sites (tertiary alicyclic amines) is 1. The number of pyridine rings is 1. The lowest BCUT2D eigenvalue weighted by molar-refractivity contribution is 0.281. The molecule has 0 atom stereocenters. The molecule has 1 aliphatic heterocycles. The zero-order chi connectivity index (χ0) is 12.1. The van der Waals surface area contributed by atoms with E-state index in [9.17, 15) is 0 Å². The van der Waals surface area contributed by atoms with Crippen molar-refractivity contribution in [3.05, 3.63) is 23.9 Å². The largest absolute Gasteiger partial charge is 0.392 e. The van der Waals surface area contributed by atoms with E-state index in [0.717, 1.165) is 24.5 Å². The number of rotatable bonds is 5. The fourth-order valence-corrected chi connectivity index (χ4v) is 2.18. The maximum atomic E-state index is 9.09. The van der Waals surface area contributed by atoms with E-state index in [-0.39, 0.29) is 6.61 Å². The molecule has 1 aromatic rings. The maximum absolute atomic E-state index is 9.09. The molecule has 2 heterocycles. The third-order valence-corrected chi connectivity index (χ3v) is 3.33. The van der Waals surface area contributed by atoms with Crippen LogP contribution in [0.4, 0.5) is 5.82 Å². The molecule has 1 fully saturated rings. The Bertz CT molecular complexity index is 350. The van der Waals surface area contributed by atoms with Gasteiger partial charge < -0.3 is 14.9 Å². The highest BCUT2D eigenvalue weighted by Crippen LogP contribution is 2.12. The molecule has 0 unspecified atom stereocenters. The molecular formula is C13H21N3O. The van der Waals surface area contributed by atoms with Gasteiger partial charge in [-0.15, -0.1) is 0 Å². The molecule has 0 saturated carbocycles. The minimum atomic E-state index is 0.0789. The summed E-state index contributed by atoms with van der Waals surface area (Å²) in [5.41, 5.74) is 0.919. The van der Waals surface area contributed by atoms with E-state index in [1.165, 1.54) is 25.9 Å². The molecule has 1 aromatic heterocycles. The summed E-state index contributed by atoms with van der Waals surface area (Å²) in [6, 6.07) is 3.79. The van der Waals surface area contributed by atoms with Crippen LogP contribution in [0.15, 0.2) is 18.3 Å². The molecule has 2 rings (SSSR count). The Kier molecular flexibility index (Phi) is 4.34. The first kappa shape index (κ1) is 12.3. The van der Waals surface area contributed by atoms with Gasteiger partial charge >= 0.3 is 0 Å². The summed E-state index contributed by atoms with van der Waals surface area (Å²) in [5.74, 6) is 0.941. The topological polar surface area (TPSA) is 39.6 Å². The van der Waals surface area contributed by atoms with E-state index < -0.39 is 0 Å². The molecule has 1 saturated heterocycles. The molecule has 17 heavy (non-hydrogen) atoms. The van der Waals surface area contributed by atoms with Crippen LogP contribution in [0.2, 0.25) is 0 Å². The molecule has 0 radical (unpaired) electrons. The van der Waals surface area contributed by atoms with Gasteiger partial charge in [-0.1, -0.05) is 0 Å². The second-order valence-electron chi connectivity index (χ2n) is 4.65. The van der Waals surface area contributed by atoms with Crippen LogP contribution in [0.25, 0.3) is 0 Å². The third-order valence-electron chi connectivity index (χ3n) is 3.33. The maximum Gasteiger partial charge on any atom is 0.128 e. The predicted molar refractivity (Wildman–Crippen MR) is 69.1 cm³/mol. The van der Waals surface area contributed by atoms with Crippen molar-refractivity contribution in [3.63, 3.8) is 0 Å². The van der Waals surface area contributed by atoms with Crippen LogP contribution in [-0.2, 0) is 6.61 Å². The first-order valence-electron chi connectivity index (χ1n) is 6.29. The van der Waals surface area contributed by atoms with E-state index in [2.05, 4.69) is 21.8 Å². The number of aliphatic hydroxyl groups excluding tert-OH is 1. The lowest BCUT2D eigenvalue weighted by Crippen LogP contribution is -2.31. The van der Waals surface area contributed by atoms with Gasteiger partial charge in [-0.2, -0.15) is 0 Å². The monoisotopic (exact) mass is 235 g/mol. The van der Waals surface area contributed by atoms with Crippen LogP contribution in [0.3, 0.4) is 0 Å². The van der Waals surface area contributed by atoms with Crippen LogP contribution in [-0.4, -0.2) is 48.2 Å². The van der Waals surface area contributed by atoms with Gasteiger partial charge in [0.15, 0.2) is 0 Å². The average molecular weight is 235 g/mol. The Morgan fingerprint density at radius 2 is 2.18 bits per heavy atom. The Balaban J connectivity index is 1.87. The van der Waals surface area contributed by atoms with Crippen LogP contribution in [0, 0.1) is 0 Å². The fraction of sp³-hybridized carbons (Fsp3) is 0.615. The molecule has 0 aliphatic carbocycles. The van der Waals surface area contributed by atoms with Gasteiger partial charge in [0.2, 0.25) is 0 Å². The summed E-state index contributed by atoms with van der Waals surface area (Å²) in [5, 5.41) is 9.09. The minimum Gasteiger partial charge on any atom is -0.392 e. The lowest BCUT2D eigenvalue weighted by atomic mass is 10.2. The quantitative estimate of drug-likeness (QED) is 0.830. The van der Waals surface area contributed by atoms with Crippen molar-refractivity contribution >= 4 is 5.82 Å². The van der Waals surface area contributed by atoms with Crippen molar-refractivity contribution in [2.75, 3.05) is 38.1 Å². The second kappa shape index (κ2) is 5.98. The molecule has 1 aliphatic rings. The highest BCUT2D eigenvalue weighted by molar-refractivity contribution is 5.39. The number of nitrogens with zero attached hydrogens (tertiary/aromatic N) is 3. The van der Waals surface area contributed by atoms with Crippen molar-refractivity contribution in [2.45, 2.75) is 19.4 Å². The van der Waals surface area contributed by atoms with Crippen LogP contribution in [0.1, 0.15) is 18.4 Å². The summed E-state index contributed by atoms with van der Waals surface area (Å²) < 4.78 is 0. The first-order chi connectivity index (χ1) is 8.29. The van der Waals surface area contributed by atoms with Crippen LogP contribution >= 0.6 is 0 Å². The average Bonchev–Trinajstić information content (AvgIpc) is 2.89. The smallest absolute Gasteiger partial charge is 0.128 e. The first-order valence-corrected chi connectivity index (χ1v) is 6.29. The predicted octanol–water partition coefficient (Wildman–Crippen LogP) is 1.11. The van der Waals surface area contributed by atoms with E-state index in [0.29, 0.717) is 0 Å². The molecule has 4 heteroatoms. The Morgan fingerprint density at radius 3 is 2.88 bits per heavy atom. The molecule has 4 nitrogen and oxygen atoms in total. The molecule has 1 N–H and O–H groups in total. The van der Waals surface area contributed by atoms with Gasteiger partial charge in [-0.25, -0.2) is 4.98 Å². The third kappa shape index (κ3) is 3.41. The molecule has 0 amide bonds. The zero-order valence-corrected chi connectivity index (χ0v) is 10.5. The Morgan fingerprint density at radius 1 is 1.41 bits per heavy atom. The Hall–Kier alpha value is -1.13. The van der Waals surface area contributed by atoms with Crippen molar-refractivity contribution in [2.24, 2.45) is 0 Å². The number of aliphatic hydroxyl groups is 1. The van der Waals surface area contributed by atoms with Gasteiger partial charge in [0.05, 0.1) is 6.61 Å². The number of likely N-dealkylation sites (N-methyl/N-ethyl adjacent to an activating group) is 1. The van der Waals surface area contributed by atoms with Gasteiger partial charge in [-0.05, 0) is 43.6 Å². The van der Waals surface area contributed by atoms with Crippen molar-refractivity contribution in [1.82, 2.24) is 9.88 Å². The summed E-state index contributed by atoms with van der Waals surface area (Å²) in [6.45, 7) is 4.63. The van der Waals surface area contributed by atoms with E-state index >= 15 is 0 Å². The summed E-state index contributed by atoms with van der Waals surface area (Å²) in [7, 11) is 2.06.